The highest BCUT2D eigenvalue weighted by atomic mass is 32.2. The summed E-state index contributed by atoms with van der Waals surface area (Å²) >= 11 is 1.41. The van der Waals surface area contributed by atoms with Crippen molar-refractivity contribution in [2.24, 2.45) is 0 Å². The molecule has 0 atom stereocenters. The maximum atomic E-state index is 12.7. The lowest BCUT2D eigenvalue weighted by molar-refractivity contribution is -0.113. The molecule has 35 heavy (non-hydrogen) atoms. The number of amides is 1. The van der Waals surface area contributed by atoms with Gasteiger partial charge in [0.05, 0.1) is 24.7 Å². The van der Waals surface area contributed by atoms with E-state index in [0.29, 0.717) is 0 Å². The summed E-state index contributed by atoms with van der Waals surface area (Å²) in [6.07, 6.45) is 2.33. The molecule has 5 rings (SSSR count). The van der Waals surface area contributed by atoms with E-state index in [2.05, 4.69) is 73.2 Å². The SMILES string of the molecule is Cc1ccc(-n2c(SCC(=O)Nc3ccc(CN4CCOCC4)cc3)nnc2N2CCCC2)cc1. The zero-order valence-corrected chi connectivity index (χ0v) is 21.0. The molecule has 1 N–H and O–H groups in total. The van der Waals surface area contributed by atoms with Crippen molar-refractivity contribution in [3.05, 3.63) is 59.7 Å². The molecule has 0 aliphatic carbocycles. The molecule has 1 amide bonds. The van der Waals surface area contributed by atoms with Crippen molar-refractivity contribution in [1.29, 1.82) is 0 Å². The van der Waals surface area contributed by atoms with Crippen molar-refractivity contribution < 1.29 is 9.53 Å². The third-order valence-electron chi connectivity index (χ3n) is 6.38. The van der Waals surface area contributed by atoms with E-state index in [1.165, 1.54) is 22.9 Å². The minimum atomic E-state index is -0.0582. The topological polar surface area (TPSA) is 75.5 Å². The molecule has 8 nitrogen and oxygen atoms in total. The predicted octanol–water partition coefficient (Wildman–Crippen LogP) is 3.74. The van der Waals surface area contributed by atoms with Crippen LogP contribution in [-0.4, -0.2) is 70.7 Å². The first-order chi connectivity index (χ1) is 17.2. The Labute approximate surface area is 210 Å². The number of carbonyl (C=O) groups is 1. The van der Waals surface area contributed by atoms with Crippen LogP contribution in [0.15, 0.2) is 53.7 Å². The van der Waals surface area contributed by atoms with Crippen LogP contribution in [0.2, 0.25) is 0 Å². The predicted molar refractivity (Wildman–Crippen MR) is 139 cm³/mol. The summed E-state index contributed by atoms with van der Waals surface area (Å²) in [5, 5.41) is 12.7. The fraction of sp³-hybridized carbons (Fsp3) is 0.423. The van der Waals surface area contributed by atoms with Gasteiger partial charge in [-0.05, 0) is 49.6 Å². The van der Waals surface area contributed by atoms with Gasteiger partial charge in [-0.15, -0.1) is 10.2 Å². The van der Waals surface area contributed by atoms with Crippen molar-refractivity contribution in [1.82, 2.24) is 19.7 Å². The van der Waals surface area contributed by atoms with E-state index < -0.39 is 0 Å². The molecule has 0 bridgehead atoms. The summed E-state index contributed by atoms with van der Waals surface area (Å²) in [4.78, 5) is 17.4. The Morgan fingerprint density at radius 3 is 2.40 bits per heavy atom. The van der Waals surface area contributed by atoms with Crippen LogP contribution in [0.1, 0.15) is 24.0 Å². The summed E-state index contributed by atoms with van der Waals surface area (Å²) in [6.45, 7) is 8.46. The highest BCUT2D eigenvalue weighted by Gasteiger charge is 2.23. The van der Waals surface area contributed by atoms with E-state index >= 15 is 0 Å². The Bertz CT molecular complexity index is 1120. The molecule has 2 aromatic carbocycles. The van der Waals surface area contributed by atoms with Crippen LogP contribution in [0.25, 0.3) is 5.69 Å². The Morgan fingerprint density at radius 1 is 0.971 bits per heavy atom. The maximum Gasteiger partial charge on any atom is 0.234 e. The molecule has 2 fully saturated rings. The van der Waals surface area contributed by atoms with E-state index in [-0.39, 0.29) is 11.7 Å². The van der Waals surface area contributed by atoms with Crippen LogP contribution < -0.4 is 10.2 Å². The number of nitrogens with one attached hydrogen (secondary N) is 1. The minimum absolute atomic E-state index is 0.0582. The van der Waals surface area contributed by atoms with E-state index in [4.69, 9.17) is 4.74 Å². The molecular formula is C26H32N6O2S. The Hall–Kier alpha value is -2.88. The number of carbonyl (C=O) groups excluding carboxylic acids is 1. The highest BCUT2D eigenvalue weighted by Crippen LogP contribution is 2.29. The third kappa shape index (κ3) is 6.04. The zero-order chi connectivity index (χ0) is 24.0. The minimum Gasteiger partial charge on any atom is -0.379 e. The van der Waals surface area contributed by atoms with Gasteiger partial charge in [-0.2, -0.15) is 0 Å². The Kier molecular flexibility index (Phi) is 7.66. The van der Waals surface area contributed by atoms with Crippen LogP contribution in [0.3, 0.4) is 0 Å². The number of hydrogen-bond acceptors (Lipinski definition) is 7. The van der Waals surface area contributed by atoms with Crippen molar-refractivity contribution in [3.8, 4) is 5.69 Å². The first-order valence-corrected chi connectivity index (χ1v) is 13.2. The van der Waals surface area contributed by atoms with Gasteiger partial charge < -0.3 is 15.0 Å². The molecule has 0 saturated carbocycles. The quantitative estimate of drug-likeness (QED) is 0.480. The van der Waals surface area contributed by atoms with Gasteiger partial charge in [0.1, 0.15) is 0 Å². The summed E-state index contributed by atoms with van der Waals surface area (Å²) < 4.78 is 7.49. The smallest absolute Gasteiger partial charge is 0.234 e. The second-order valence-corrected chi connectivity index (χ2v) is 10.0. The Balaban J connectivity index is 1.22. The lowest BCUT2D eigenvalue weighted by Gasteiger charge is -2.26. The fourth-order valence-corrected chi connectivity index (χ4v) is 5.18. The molecule has 2 saturated heterocycles. The van der Waals surface area contributed by atoms with Crippen LogP contribution >= 0.6 is 11.8 Å². The van der Waals surface area contributed by atoms with Gasteiger partial charge in [0.2, 0.25) is 11.9 Å². The van der Waals surface area contributed by atoms with Gasteiger partial charge in [-0.25, -0.2) is 0 Å². The van der Waals surface area contributed by atoms with Gasteiger partial charge in [0, 0.05) is 38.4 Å². The fourth-order valence-electron chi connectivity index (χ4n) is 4.44. The second kappa shape index (κ2) is 11.2. The third-order valence-corrected chi connectivity index (χ3v) is 7.31. The number of nitrogens with zero attached hydrogens (tertiary/aromatic N) is 5. The van der Waals surface area contributed by atoms with Crippen molar-refractivity contribution >= 4 is 29.3 Å². The average Bonchev–Trinajstić information content (AvgIpc) is 3.55. The van der Waals surface area contributed by atoms with Gasteiger partial charge in [0.25, 0.3) is 0 Å². The normalized spacial score (nSPS) is 16.5. The zero-order valence-electron chi connectivity index (χ0n) is 20.2. The number of morpholine rings is 1. The molecule has 9 heteroatoms. The van der Waals surface area contributed by atoms with Gasteiger partial charge in [-0.3, -0.25) is 14.3 Å². The molecular weight excluding hydrogens is 460 g/mol. The molecule has 2 aliphatic heterocycles. The number of thioether (sulfide) groups is 1. The summed E-state index contributed by atoms with van der Waals surface area (Å²) in [7, 11) is 0. The van der Waals surface area contributed by atoms with Crippen molar-refractivity contribution in [3.63, 3.8) is 0 Å². The molecule has 1 aromatic heterocycles. The number of hydrogen-bond donors (Lipinski definition) is 1. The van der Waals surface area contributed by atoms with Gasteiger partial charge >= 0.3 is 0 Å². The number of ether oxygens (including phenoxy) is 1. The standard InChI is InChI=1S/C26H32N6O2S/c1-20-4-10-23(11-5-20)32-25(31-12-2-3-13-31)28-29-26(32)35-19-24(33)27-22-8-6-21(7-9-22)18-30-14-16-34-17-15-30/h4-11H,2-3,12-19H2,1H3,(H,27,33). The molecule has 0 radical (unpaired) electrons. The second-order valence-electron chi connectivity index (χ2n) is 9.07. The van der Waals surface area contributed by atoms with E-state index in [1.54, 1.807) is 0 Å². The van der Waals surface area contributed by atoms with E-state index in [9.17, 15) is 4.79 Å². The summed E-state index contributed by atoms with van der Waals surface area (Å²) in [5.74, 6) is 1.06. The first kappa shape index (κ1) is 23.8. The van der Waals surface area contributed by atoms with Crippen LogP contribution in [0.4, 0.5) is 11.6 Å². The highest BCUT2D eigenvalue weighted by molar-refractivity contribution is 7.99. The van der Waals surface area contributed by atoms with Gasteiger partial charge in [0.15, 0.2) is 5.16 Å². The summed E-state index contributed by atoms with van der Waals surface area (Å²) in [6, 6.07) is 16.4. The van der Waals surface area contributed by atoms with Crippen LogP contribution in [0.5, 0.6) is 0 Å². The summed E-state index contributed by atoms with van der Waals surface area (Å²) in [5.41, 5.74) is 4.26. The lowest BCUT2D eigenvalue weighted by Crippen LogP contribution is -2.35. The number of aromatic nitrogens is 3. The largest absolute Gasteiger partial charge is 0.379 e. The monoisotopic (exact) mass is 492 g/mol. The number of rotatable bonds is 8. The molecule has 2 aliphatic rings. The molecule has 3 aromatic rings. The molecule has 3 heterocycles. The van der Waals surface area contributed by atoms with E-state index in [1.807, 2.05) is 12.1 Å². The van der Waals surface area contributed by atoms with Crippen LogP contribution in [0, 0.1) is 6.92 Å². The number of anilines is 2. The van der Waals surface area contributed by atoms with Crippen LogP contribution in [-0.2, 0) is 16.1 Å². The molecule has 0 spiro atoms. The molecule has 0 unspecified atom stereocenters. The number of aryl methyl sites for hydroxylation is 1. The van der Waals surface area contributed by atoms with Crippen molar-refractivity contribution in [2.75, 3.05) is 55.4 Å². The Morgan fingerprint density at radius 2 is 1.69 bits per heavy atom. The first-order valence-electron chi connectivity index (χ1n) is 12.2. The van der Waals surface area contributed by atoms with Gasteiger partial charge in [-0.1, -0.05) is 41.6 Å². The molecule has 184 valence electrons. The maximum absolute atomic E-state index is 12.7. The van der Waals surface area contributed by atoms with E-state index in [0.717, 1.165) is 81.3 Å². The van der Waals surface area contributed by atoms with Crippen molar-refractivity contribution in [2.45, 2.75) is 31.5 Å². The average molecular weight is 493 g/mol. The number of benzene rings is 2. The lowest BCUT2D eigenvalue weighted by atomic mass is 10.2.